The van der Waals surface area contributed by atoms with Crippen molar-refractivity contribution in [2.75, 3.05) is 20.1 Å². The number of carbonyl (C=O) groups is 7. The van der Waals surface area contributed by atoms with Gasteiger partial charge in [0.2, 0.25) is 35.4 Å². The molecule has 20 heteroatoms. The third-order valence-corrected chi connectivity index (χ3v) is 12.2. The van der Waals surface area contributed by atoms with Crippen LogP contribution in [0.2, 0.25) is 5.02 Å². The van der Waals surface area contributed by atoms with Gasteiger partial charge in [-0.2, -0.15) is 0 Å². The smallest absolute Gasteiger partial charge is 0.267 e. The summed E-state index contributed by atoms with van der Waals surface area (Å²) < 4.78 is 28.6. The first-order valence-electron chi connectivity index (χ1n) is 21.9. The van der Waals surface area contributed by atoms with Crippen LogP contribution in [0.5, 0.6) is 11.5 Å². The Balaban J connectivity index is 1.29. The average Bonchev–Trinajstić information content (AvgIpc) is 3.64. The van der Waals surface area contributed by atoms with Crippen LogP contribution in [0.15, 0.2) is 84.9 Å². The van der Waals surface area contributed by atoms with Gasteiger partial charge in [-0.1, -0.05) is 48.0 Å². The number of alkyl halides is 2. The van der Waals surface area contributed by atoms with E-state index in [1.807, 2.05) is 12.1 Å². The highest BCUT2D eigenvalue weighted by Gasteiger charge is 2.50. The first kappa shape index (κ1) is 50.3. The van der Waals surface area contributed by atoms with Gasteiger partial charge in [0, 0.05) is 41.6 Å². The summed E-state index contributed by atoms with van der Waals surface area (Å²) in [5.41, 5.74) is 13.6. The Bertz CT molecular complexity index is 2580. The summed E-state index contributed by atoms with van der Waals surface area (Å²) in [4.78, 5) is 97.6. The quantitative estimate of drug-likeness (QED) is 0.0907. The van der Waals surface area contributed by atoms with Gasteiger partial charge in [-0.25, -0.2) is 8.78 Å². The number of nitrogens with one attached hydrogen (secondary N) is 4. The maximum Gasteiger partial charge on any atom is 0.267 e. The molecule has 1 saturated heterocycles. The molecule has 6 atom stereocenters. The van der Waals surface area contributed by atoms with Crippen LogP contribution in [0.4, 0.5) is 8.78 Å². The van der Waals surface area contributed by atoms with Crippen LogP contribution in [0.1, 0.15) is 67.1 Å². The van der Waals surface area contributed by atoms with E-state index in [1.54, 1.807) is 36.4 Å². The monoisotopic (exact) mass is 958 g/mol. The second-order valence-corrected chi connectivity index (χ2v) is 17.5. The molecular formula is C48H53ClF2N8O9. The lowest BCUT2D eigenvalue weighted by Gasteiger charge is -2.32. The molecule has 0 saturated carbocycles. The Morgan fingerprint density at radius 1 is 0.882 bits per heavy atom. The van der Waals surface area contributed by atoms with Crippen LogP contribution >= 0.6 is 11.6 Å². The fourth-order valence-corrected chi connectivity index (χ4v) is 8.39. The normalized spacial score (nSPS) is 19.9. The molecule has 2 aliphatic rings. The van der Waals surface area contributed by atoms with Gasteiger partial charge in [0.05, 0.1) is 6.54 Å². The van der Waals surface area contributed by atoms with Crippen molar-refractivity contribution in [2.24, 2.45) is 11.5 Å². The molecule has 4 aromatic carbocycles. The molecule has 360 valence electrons. The number of aromatic hydroxyl groups is 2. The van der Waals surface area contributed by atoms with E-state index in [1.165, 1.54) is 57.3 Å². The molecule has 4 aromatic rings. The molecule has 2 heterocycles. The van der Waals surface area contributed by atoms with Crippen molar-refractivity contribution in [1.29, 1.82) is 0 Å². The molecule has 10 N–H and O–H groups in total. The number of nitrogens with zero attached hydrogens (tertiary/aromatic N) is 2. The first-order valence-corrected chi connectivity index (χ1v) is 22.2. The predicted molar refractivity (Wildman–Crippen MR) is 247 cm³/mol. The van der Waals surface area contributed by atoms with Gasteiger partial charge < -0.3 is 52.7 Å². The lowest BCUT2D eigenvalue weighted by Crippen LogP contribution is -2.58. The number of hydrogen-bond donors (Lipinski definition) is 8. The SMILES string of the molecule is C[C@@H]1NC(=O)[C@@H](N(C)C(=O)[C@H](CCCCN)NC(=O)c2ccc(-c3ccc(Cl)cc3)cc2)c2ccc(O)c(c2)-c2cc(ccc2O)C[C@@H](C(=O)N[C@@H](C)C(=O)N2CC(F)(F)C[C@H]2C(N)=O)NC1=O. The molecule has 1 fully saturated rings. The van der Waals surface area contributed by atoms with Crippen LogP contribution < -0.4 is 32.7 Å². The third kappa shape index (κ3) is 11.7. The van der Waals surface area contributed by atoms with Crippen LogP contribution in [-0.2, 0) is 35.2 Å². The van der Waals surface area contributed by atoms with Crippen LogP contribution in [-0.4, -0.2) is 118 Å². The van der Waals surface area contributed by atoms with Crippen molar-refractivity contribution in [3.63, 3.8) is 0 Å². The fraction of sp³-hybridized carbons (Fsp3) is 0.354. The summed E-state index contributed by atoms with van der Waals surface area (Å²) in [6, 6.07) is 13.4. The summed E-state index contributed by atoms with van der Waals surface area (Å²) in [5, 5.41) is 33.3. The van der Waals surface area contributed by atoms with Crippen LogP contribution in [0, 0.1) is 0 Å². The maximum absolute atomic E-state index is 14.6. The number of halogens is 3. The maximum atomic E-state index is 14.6. The van der Waals surface area contributed by atoms with Gasteiger partial charge in [-0.15, -0.1) is 0 Å². The summed E-state index contributed by atoms with van der Waals surface area (Å²) >= 11 is 6.04. The van der Waals surface area contributed by atoms with E-state index in [0.717, 1.165) is 16.0 Å². The molecule has 2 aliphatic heterocycles. The topological polar surface area (TPSA) is 267 Å². The molecule has 17 nitrogen and oxygen atoms in total. The van der Waals surface area contributed by atoms with Crippen molar-refractivity contribution in [3.8, 4) is 33.8 Å². The third-order valence-electron chi connectivity index (χ3n) is 12.0. The molecular weight excluding hydrogens is 906 g/mol. The minimum absolute atomic E-state index is 0.0242. The van der Waals surface area contributed by atoms with Crippen molar-refractivity contribution in [1.82, 2.24) is 31.1 Å². The fourth-order valence-electron chi connectivity index (χ4n) is 8.26. The average molecular weight is 959 g/mol. The number of phenols is 2. The van der Waals surface area contributed by atoms with Crippen LogP contribution in [0.25, 0.3) is 22.3 Å². The van der Waals surface area contributed by atoms with E-state index in [4.69, 9.17) is 23.1 Å². The molecule has 0 unspecified atom stereocenters. The molecule has 0 spiro atoms. The second-order valence-electron chi connectivity index (χ2n) is 17.0. The zero-order chi connectivity index (χ0) is 49.6. The highest BCUT2D eigenvalue weighted by Crippen LogP contribution is 2.39. The van der Waals surface area contributed by atoms with Crippen molar-refractivity contribution in [3.05, 3.63) is 107 Å². The number of likely N-dealkylation sites (N-methyl/N-ethyl adjacent to an activating group) is 1. The zero-order valence-electron chi connectivity index (χ0n) is 37.4. The van der Waals surface area contributed by atoms with Crippen molar-refractivity contribution >= 4 is 53.0 Å². The minimum atomic E-state index is -3.40. The van der Waals surface area contributed by atoms with Crippen molar-refractivity contribution in [2.45, 2.75) is 88.1 Å². The lowest BCUT2D eigenvalue weighted by molar-refractivity contribution is -0.142. The van der Waals surface area contributed by atoms with Gasteiger partial charge in [0.25, 0.3) is 11.8 Å². The summed E-state index contributed by atoms with van der Waals surface area (Å²) in [6.45, 7) is 1.74. The number of likely N-dealkylation sites (tertiary alicyclic amines) is 1. The van der Waals surface area contributed by atoms with Gasteiger partial charge in [-0.3, -0.25) is 33.6 Å². The van der Waals surface area contributed by atoms with E-state index >= 15 is 0 Å². The zero-order valence-corrected chi connectivity index (χ0v) is 38.2. The van der Waals surface area contributed by atoms with Gasteiger partial charge in [-0.05, 0) is 110 Å². The largest absolute Gasteiger partial charge is 0.507 e. The minimum Gasteiger partial charge on any atom is -0.507 e. The number of unbranched alkanes of at least 4 members (excludes halogenated alkanes) is 1. The van der Waals surface area contributed by atoms with Crippen LogP contribution in [0.3, 0.4) is 0 Å². The Kier molecular flexibility index (Phi) is 15.7. The first-order chi connectivity index (χ1) is 32.2. The number of phenolic OH excluding ortho intramolecular Hbond substituents is 2. The van der Waals surface area contributed by atoms with Gasteiger partial charge in [0.1, 0.15) is 47.8 Å². The second kappa shape index (κ2) is 21.2. The number of hydrogen-bond acceptors (Lipinski definition) is 10. The highest BCUT2D eigenvalue weighted by atomic mass is 35.5. The standard InChI is InChI=1S/C48H53ClF2N8O9/c1-25-42(63)57-36(44(65)55-26(2)46(67)59-24-48(50,51)23-37(59)41(53)62)21-27-7-17-38(60)33(20-27)34-22-31(14-18-39(34)61)40(45(66)54-25)58(3)47(68)35(6-4-5-19-52)56-43(64)30-10-8-28(9-11-30)29-12-15-32(49)16-13-29/h7-18,20,22,25-26,35-37,40,60-61H,4-6,19,21,23-24,52H2,1-3H3,(H2,53,62)(H,54,66)(H,55,65)(H,56,64)(H,57,63)/t25-,26-,35-,36-,37-,40-/m0/s1. The lowest BCUT2D eigenvalue weighted by atomic mass is 9.93. The van der Waals surface area contributed by atoms with Crippen molar-refractivity contribution < 1.29 is 52.6 Å². The Hall–Kier alpha value is -7.12. The Labute approximate surface area is 395 Å². The Morgan fingerprint density at radius 2 is 1.50 bits per heavy atom. The van der Waals surface area contributed by atoms with E-state index in [2.05, 4.69) is 21.3 Å². The number of amides is 7. The number of fused-ring (bicyclic) bond motifs is 5. The highest BCUT2D eigenvalue weighted by molar-refractivity contribution is 6.30. The van der Waals surface area contributed by atoms with E-state index in [0.29, 0.717) is 34.9 Å². The molecule has 0 radical (unpaired) electrons. The molecule has 0 aromatic heterocycles. The summed E-state index contributed by atoms with van der Waals surface area (Å²) in [7, 11) is 1.34. The van der Waals surface area contributed by atoms with E-state index < -0.39 is 96.5 Å². The number of rotatable bonds is 13. The van der Waals surface area contributed by atoms with E-state index in [9.17, 15) is 52.6 Å². The number of nitrogens with two attached hydrogens (primary N) is 2. The molecule has 4 bridgehead atoms. The predicted octanol–water partition coefficient (Wildman–Crippen LogP) is 3.28. The summed E-state index contributed by atoms with van der Waals surface area (Å²) in [5.74, 6) is -10.2. The Morgan fingerprint density at radius 3 is 2.13 bits per heavy atom. The number of primary amides is 1. The molecule has 6 rings (SSSR count). The molecule has 7 amide bonds. The molecule has 0 aliphatic carbocycles. The number of benzene rings is 4. The van der Waals surface area contributed by atoms with E-state index in [-0.39, 0.29) is 46.6 Å². The molecule has 68 heavy (non-hydrogen) atoms. The summed E-state index contributed by atoms with van der Waals surface area (Å²) in [6.07, 6.45) is -0.193. The van der Waals surface area contributed by atoms with Gasteiger partial charge >= 0.3 is 0 Å². The van der Waals surface area contributed by atoms with Gasteiger partial charge in [0.15, 0.2) is 0 Å². The number of carbonyl (C=O) groups excluding carboxylic acids is 7.